The summed E-state index contributed by atoms with van der Waals surface area (Å²) >= 11 is 0. The number of hydrogen-bond donors (Lipinski definition) is 1. The smallest absolute Gasteiger partial charge is 0.356 e. The first-order valence-electron chi connectivity index (χ1n) is 10.1. The standard InChI is InChI=1S/C20H27F3N4O2/c1-13(2)19(29)27-9-3-4-16(27)18(28)25-15-7-10-26(11-8-15)17-6-5-14(12-24-17)20(21,22)23/h5-6,12-13,15-16H,3-4,7-11H2,1-2H3,(H,25,28). The lowest BCUT2D eigenvalue weighted by Crippen LogP contribution is -2.52. The number of alkyl halides is 3. The summed E-state index contributed by atoms with van der Waals surface area (Å²) in [7, 11) is 0. The second-order valence-electron chi connectivity index (χ2n) is 8.02. The average molecular weight is 412 g/mol. The van der Waals surface area contributed by atoms with E-state index in [1.54, 1.807) is 4.90 Å². The van der Waals surface area contributed by atoms with E-state index >= 15 is 0 Å². The summed E-state index contributed by atoms with van der Waals surface area (Å²) in [4.78, 5) is 32.5. The van der Waals surface area contributed by atoms with Crippen molar-refractivity contribution in [1.82, 2.24) is 15.2 Å². The van der Waals surface area contributed by atoms with Crippen LogP contribution in [-0.4, -0.2) is 53.4 Å². The SMILES string of the molecule is CC(C)C(=O)N1CCCC1C(=O)NC1CCN(c2ccc(C(F)(F)F)cn2)CC1. The third-order valence-electron chi connectivity index (χ3n) is 5.57. The van der Waals surface area contributed by atoms with E-state index < -0.39 is 17.8 Å². The molecule has 160 valence electrons. The number of rotatable bonds is 4. The molecule has 0 aromatic carbocycles. The number of nitrogens with zero attached hydrogens (tertiary/aromatic N) is 3. The molecule has 2 aliphatic heterocycles. The fraction of sp³-hybridized carbons (Fsp3) is 0.650. The van der Waals surface area contributed by atoms with Crippen molar-refractivity contribution in [2.24, 2.45) is 5.92 Å². The third-order valence-corrected chi connectivity index (χ3v) is 5.57. The Hall–Kier alpha value is -2.32. The van der Waals surface area contributed by atoms with E-state index in [-0.39, 0.29) is 23.8 Å². The summed E-state index contributed by atoms with van der Waals surface area (Å²) in [6.07, 6.45) is -0.677. The number of amides is 2. The summed E-state index contributed by atoms with van der Waals surface area (Å²) in [5, 5.41) is 3.06. The molecule has 3 rings (SSSR count). The predicted octanol–water partition coefficient (Wildman–Crippen LogP) is 2.83. The van der Waals surface area contributed by atoms with Crippen LogP contribution in [0, 0.1) is 5.92 Å². The van der Waals surface area contributed by atoms with Crippen molar-refractivity contribution in [3.63, 3.8) is 0 Å². The van der Waals surface area contributed by atoms with Crippen LogP contribution in [0.25, 0.3) is 0 Å². The van der Waals surface area contributed by atoms with Gasteiger partial charge in [0.1, 0.15) is 11.9 Å². The van der Waals surface area contributed by atoms with Gasteiger partial charge in [-0.1, -0.05) is 13.8 Å². The van der Waals surface area contributed by atoms with E-state index in [9.17, 15) is 22.8 Å². The number of aromatic nitrogens is 1. The molecule has 1 atom stereocenters. The molecule has 0 saturated carbocycles. The van der Waals surface area contributed by atoms with Gasteiger partial charge >= 0.3 is 6.18 Å². The van der Waals surface area contributed by atoms with E-state index in [0.29, 0.717) is 44.7 Å². The highest BCUT2D eigenvalue weighted by Crippen LogP contribution is 2.30. The van der Waals surface area contributed by atoms with Crippen LogP contribution >= 0.6 is 0 Å². The van der Waals surface area contributed by atoms with Gasteiger partial charge in [0, 0.05) is 37.8 Å². The monoisotopic (exact) mass is 412 g/mol. The lowest BCUT2D eigenvalue weighted by Gasteiger charge is -2.34. The molecule has 3 heterocycles. The zero-order valence-electron chi connectivity index (χ0n) is 16.7. The average Bonchev–Trinajstić information content (AvgIpc) is 3.17. The molecule has 0 spiro atoms. The largest absolute Gasteiger partial charge is 0.417 e. The molecular weight excluding hydrogens is 385 g/mol. The molecule has 29 heavy (non-hydrogen) atoms. The molecule has 0 aliphatic carbocycles. The van der Waals surface area contributed by atoms with E-state index in [1.807, 2.05) is 18.7 Å². The van der Waals surface area contributed by atoms with Gasteiger partial charge in [0.2, 0.25) is 11.8 Å². The Morgan fingerprint density at radius 2 is 1.83 bits per heavy atom. The predicted molar refractivity (Wildman–Crippen MR) is 102 cm³/mol. The summed E-state index contributed by atoms with van der Waals surface area (Å²) in [6, 6.07) is 2.01. The normalized spacial score (nSPS) is 21.0. The third kappa shape index (κ3) is 5.00. The van der Waals surface area contributed by atoms with Crippen molar-refractivity contribution in [3.8, 4) is 0 Å². The molecule has 0 radical (unpaired) electrons. The fourth-order valence-electron chi connectivity index (χ4n) is 3.93. The van der Waals surface area contributed by atoms with Gasteiger partial charge < -0.3 is 15.1 Å². The number of nitrogens with one attached hydrogen (secondary N) is 1. The van der Waals surface area contributed by atoms with E-state index in [4.69, 9.17) is 0 Å². The Kier molecular flexibility index (Phi) is 6.33. The maximum Gasteiger partial charge on any atom is 0.417 e. The lowest BCUT2D eigenvalue weighted by molar-refractivity contribution is -0.141. The molecule has 2 aliphatic rings. The number of hydrogen-bond acceptors (Lipinski definition) is 4. The van der Waals surface area contributed by atoms with Crippen LogP contribution in [0.15, 0.2) is 18.3 Å². The molecule has 1 unspecified atom stereocenters. The van der Waals surface area contributed by atoms with Crippen LogP contribution in [0.2, 0.25) is 0 Å². The molecule has 0 bridgehead atoms. The Morgan fingerprint density at radius 3 is 2.38 bits per heavy atom. The Balaban J connectivity index is 1.52. The van der Waals surface area contributed by atoms with Gasteiger partial charge in [-0.2, -0.15) is 13.2 Å². The van der Waals surface area contributed by atoms with Gasteiger partial charge in [0.25, 0.3) is 0 Å². The molecule has 2 amide bonds. The zero-order chi connectivity index (χ0) is 21.2. The molecule has 9 heteroatoms. The Labute approximate surface area is 168 Å². The van der Waals surface area contributed by atoms with E-state index in [0.717, 1.165) is 18.7 Å². The molecule has 1 aromatic heterocycles. The van der Waals surface area contributed by atoms with Crippen LogP contribution < -0.4 is 10.2 Å². The number of likely N-dealkylation sites (tertiary alicyclic amines) is 1. The highest BCUT2D eigenvalue weighted by molar-refractivity contribution is 5.89. The number of carbonyl (C=O) groups is 2. The van der Waals surface area contributed by atoms with Crippen LogP contribution in [0.3, 0.4) is 0 Å². The Morgan fingerprint density at radius 1 is 1.14 bits per heavy atom. The van der Waals surface area contributed by atoms with Gasteiger partial charge in [-0.25, -0.2) is 4.98 Å². The van der Waals surface area contributed by atoms with Crippen molar-refractivity contribution in [3.05, 3.63) is 23.9 Å². The second kappa shape index (κ2) is 8.59. The number of piperidine rings is 1. The summed E-state index contributed by atoms with van der Waals surface area (Å²) < 4.78 is 38.0. The molecular formula is C20H27F3N4O2. The topological polar surface area (TPSA) is 65.5 Å². The van der Waals surface area contributed by atoms with Gasteiger partial charge in [0.15, 0.2) is 0 Å². The number of anilines is 1. The number of carbonyl (C=O) groups excluding carboxylic acids is 2. The molecule has 1 N–H and O–H groups in total. The zero-order valence-corrected chi connectivity index (χ0v) is 16.7. The van der Waals surface area contributed by atoms with Gasteiger partial charge in [0.05, 0.1) is 5.56 Å². The Bertz CT molecular complexity index is 728. The van der Waals surface area contributed by atoms with E-state index in [1.165, 1.54) is 6.07 Å². The summed E-state index contributed by atoms with van der Waals surface area (Å²) in [5.41, 5.74) is -0.763. The molecule has 2 fully saturated rings. The first kappa shape index (κ1) is 21.4. The fourth-order valence-corrected chi connectivity index (χ4v) is 3.93. The minimum absolute atomic E-state index is 0.00541. The lowest BCUT2D eigenvalue weighted by atomic mass is 10.0. The highest BCUT2D eigenvalue weighted by atomic mass is 19.4. The van der Waals surface area contributed by atoms with Crippen molar-refractivity contribution in [1.29, 1.82) is 0 Å². The molecule has 2 saturated heterocycles. The van der Waals surface area contributed by atoms with Crippen molar-refractivity contribution in [2.75, 3.05) is 24.5 Å². The number of pyridine rings is 1. The van der Waals surface area contributed by atoms with Gasteiger partial charge in [-0.3, -0.25) is 9.59 Å². The maximum absolute atomic E-state index is 12.7. The highest BCUT2D eigenvalue weighted by Gasteiger charge is 2.36. The maximum atomic E-state index is 12.7. The summed E-state index contributed by atoms with van der Waals surface area (Å²) in [6.45, 7) is 5.49. The first-order chi connectivity index (χ1) is 13.7. The minimum Gasteiger partial charge on any atom is -0.356 e. The minimum atomic E-state index is -4.39. The van der Waals surface area contributed by atoms with Crippen molar-refractivity contribution < 1.29 is 22.8 Å². The van der Waals surface area contributed by atoms with Gasteiger partial charge in [-0.05, 0) is 37.8 Å². The van der Waals surface area contributed by atoms with Crippen LogP contribution in [-0.2, 0) is 15.8 Å². The van der Waals surface area contributed by atoms with Crippen LogP contribution in [0.1, 0.15) is 45.1 Å². The second-order valence-corrected chi connectivity index (χ2v) is 8.02. The summed E-state index contributed by atoms with van der Waals surface area (Å²) in [5.74, 6) is 0.267. The molecule has 1 aromatic rings. The van der Waals surface area contributed by atoms with Crippen molar-refractivity contribution >= 4 is 17.6 Å². The number of halogens is 3. The first-order valence-corrected chi connectivity index (χ1v) is 10.1. The quantitative estimate of drug-likeness (QED) is 0.826. The van der Waals surface area contributed by atoms with E-state index in [2.05, 4.69) is 10.3 Å². The van der Waals surface area contributed by atoms with Gasteiger partial charge in [-0.15, -0.1) is 0 Å². The van der Waals surface area contributed by atoms with Crippen LogP contribution in [0.5, 0.6) is 0 Å². The van der Waals surface area contributed by atoms with Crippen LogP contribution in [0.4, 0.5) is 19.0 Å². The van der Waals surface area contributed by atoms with Crippen molar-refractivity contribution in [2.45, 2.75) is 57.8 Å². The molecule has 6 nitrogen and oxygen atoms in total.